The highest BCUT2D eigenvalue weighted by atomic mass is 32.2. The first-order valence-electron chi connectivity index (χ1n) is 6.22. The van der Waals surface area contributed by atoms with Crippen LogP contribution in [0.15, 0.2) is 24.3 Å². The number of carbonyl (C=O) groups is 1. The lowest BCUT2D eigenvalue weighted by Crippen LogP contribution is -2.24. The summed E-state index contributed by atoms with van der Waals surface area (Å²) in [5, 5.41) is 0. The maximum Gasteiger partial charge on any atom is 0.307 e. The molecule has 3 heteroatoms. The Balaban J connectivity index is 2.21. The standard InChI is InChI=1S/C15H22O2S/c1-12-6-5-7-13(10-12)11-18-9-8-14(16)17-15(2,3)4/h5-7,10H,8-9,11H2,1-4H3. The molecule has 1 aromatic carbocycles. The van der Waals surface area contributed by atoms with Gasteiger partial charge in [-0.2, -0.15) is 11.8 Å². The Hall–Kier alpha value is -0.960. The Kier molecular flexibility index (Phi) is 5.73. The van der Waals surface area contributed by atoms with E-state index in [0.717, 1.165) is 11.5 Å². The van der Waals surface area contributed by atoms with E-state index in [0.29, 0.717) is 6.42 Å². The predicted octanol–water partition coefficient (Wildman–Crippen LogP) is 3.96. The van der Waals surface area contributed by atoms with Crippen molar-refractivity contribution in [2.75, 3.05) is 5.75 Å². The fraction of sp³-hybridized carbons (Fsp3) is 0.533. The summed E-state index contributed by atoms with van der Waals surface area (Å²) in [4.78, 5) is 11.5. The average Bonchev–Trinajstić information content (AvgIpc) is 2.22. The molecule has 0 aliphatic heterocycles. The Bertz CT molecular complexity index is 394. The molecule has 0 heterocycles. The van der Waals surface area contributed by atoms with Gasteiger partial charge in [-0.25, -0.2) is 0 Å². The summed E-state index contributed by atoms with van der Waals surface area (Å²) in [5.74, 6) is 1.65. The van der Waals surface area contributed by atoms with Crippen molar-refractivity contribution < 1.29 is 9.53 Å². The lowest BCUT2D eigenvalue weighted by Gasteiger charge is -2.19. The van der Waals surface area contributed by atoms with Gasteiger partial charge < -0.3 is 4.74 Å². The monoisotopic (exact) mass is 266 g/mol. The molecule has 1 rings (SSSR count). The molecular weight excluding hydrogens is 244 g/mol. The largest absolute Gasteiger partial charge is 0.460 e. The number of carbonyl (C=O) groups excluding carboxylic acids is 1. The second-order valence-electron chi connectivity index (χ2n) is 5.38. The molecular formula is C15H22O2S. The third-order valence-electron chi connectivity index (χ3n) is 2.22. The maximum absolute atomic E-state index is 11.5. The van der Waals surface area contributed by atoms with E-state index in [1.165, 1.54) is 11.1 Å². The van der Waals surface area contributed by atoms with Crippen LogP contribution in [-0.2, 0) is 15.3 Å². The van der Waals surface area contributed by atoms with Crippen LogP contribution in [-0.4, -0.2) is 17.3 Å². The van der Waals surface area contributed by atoms with Gasteiger partial charge in [-0.15, -0.1) is 0 Å². The number of thioether (sulfide) groups is 1. The van der Waals surface area contributed by atoms with E-state index in [4.69, 9.17) is 4.74 Å². The van der Waals surface area contributed by atoms with Crippen molar-refractivity contribution in [3.05, 3.63) is 35.4 Å². The Labute approximate surface area is 114 Å². The first kappa shape index (κ1) is 15.1. The molecule has 1 aromatic rings. The van der Waals surface area contributed by atoms with Crippen molar-refractivity contribution in [2.45, 2.75) is 45.5 Å². The molecule has 100 valence electrons. The van der Waals surface area contributed by atoms with Crippen LogP contribution in [0.3, 0.4) is 0 Å². The summed E-state index contributed by atoms with van der Waals surface area (Å²) >= 11 is 1.77. The van der Waals surface area contributed by atoms with Gasteiger partial charge in [0.2, 0.25) is 0 Å². The van der Waals surface area contributed by atoms with Gasteiger partial charge in [0.25, 0.3) is 0 Å². The second-order valence-corrected chi connectivity index (χ2v) is 6.48. The minimum absolute atomic E-state index is 0.112. The van der Waals surface area contributed by atoms with Gasteiger partial charge in [-0.05, 0) is 33.3 Å². The molecule has 0 aromatic heterocycles. The Morgan fingerprint density at radius 1 is 1.33 bits per heavy atom. The molecule has 0 fully saturated rings. The normalized spacial score (nSPS) is 11.3. The molecule has 0 N–H and O–H groups in total. The SMILES string of the molecule is Cc1cccc(CSCCC(=O)OC(C)(C)C)c1. The lowest BCUT2D eigenvalue weighted by molar-refractivity contribution is -0.154. The molecule has 0 aliphatic rings. The highest BCUT2D eigenvalue weighted by Gasteiger charge is 2.15. The summed E-state index contributed by atoms with van der Waals surface area (Å²) in [7, 11) is 0. The Morgan fingerprint density at radius 3 is 2.67 bits per heavy atom. The third kappa shape index (κ3) is 6.70. The van der Waals surface area contributed by atoms with Crippen molar-refractivity contribution in [3.63, 3.8) is 0 Å². The van der Waals surface area contributed by atoms with Gasteiger partial charge in [0, 0.05) is 11.5 Å². The van der Waals surface area contributed by atoms with E-state index < -0.39 is 0 Å². The van der Waals surface area contributed by atoms with E-state index in [9.17, 15) is 4.79 Å². The number of aryl methyl sites for hydroxylation is 1. The number of benzene rings is 1. The fourth-order valence-electron chi connectivity index (χ4n) is 1.54. The number of ether oxygens (including phenoxy) is 1. The minimum atomic E-state index is -0.377. The summed E-state index contributed by atoms with van der Waals surface area (Å²) in [5.41, 5.74) is 2.21. The second kappa shape index (κ2) is 6.83. The van der Waals surface area contributed by atoms with E-state index in [2.05, 4.69) is 31.2 Å². The summed E-state index contributed by atoms with van der Waals surface area (Å²) < 4.78 is 5.26. The van der Waals surface area contributed by atoms with Crippen molar-refractivity contribution in [3.8, 4) is 0 Å². The Morgan fingerprint density at radius 2 is 2.06 bits per heavy atom. The zero-order chi connectivity index (χ0) is 13.6. The zero-order valence-corrected chi connectivity index (χ0v) is 12.5. The van der Waals surface area contributed by atoms with E-state index in [1.54, 1.807) is 11.8 Å². The number of rotatable bonds is 5. The van der Waals surface area contributed by atoms with Crippen LogP contribution in [0.4, 0.5) is 0 Å². The van der Waals surface area contributed by atoms with Crippen molar-refractivity contribution in [1.82, 2.24) is 0 Å². The van der Waals surface area contributed by atoms with Crippen LogP contribution in [0.2, 0.25) is 0 Å². The van der Waals surface area contributed by atoms with Crippen LogP contribution in [0.5, 0.6) is 0 Å². The van der Waals surface area contributed by atoms with Crippen LogP contribution >= 0.6 is 11.8 Å². The summed E-state index contributed by atoms with van der Waals surface area (Å²) in [6, 6.07) is 8.46. The quantitative estimate of drug-likeness (QED) is 0.596. The minimum Gasteiger partial charge on any atom is -0.460 e. The van der Waals surface area contributed by atoms with Gasteiger partial charge in [0.05, 0.1) is 6.42 Å². The highest BCUT2D eigenvalue weighted by Crippen LogP contribution is 2.15. The van der Waals surface area contributed by atoms with E-state index >= 15 is 0 Å². The highest BCUT2D eigenvalue weighted by molar-refractivity contribution is 7.98. The molecule has 2 nitrogen and oxygen atoms in total. The molecule has 0 bridgehead atoms. The van der Waals surface area contributed by atoms with E-state index in [-0.39, 0.29) is 11.6 Å². The van der Waals surface area contributed by atoms with Gasteiger partial charge in [-0.1, -0.05) is 29.8 Å². The van der Waals surface area contributed by atoms with Crippen molar-refractivity contribution >= 4 is 17.7 Å². The number of hydrogen-bond acceptors (Lipinski definition) is 3. The summed E-state index contributed by atoms with van der Waals surface area (Å²) in [6.45, 7) is 7.77. The lowest BCUT2D eigenvalue weighted by atomic mass is 10.2. The molecule has 0 saturated carbocycles. The first-order valence-corrected chi connectivity index (χ1v) is 7.37. The summed E-state index contributed by atoms with van der Waals surface area (Å²) in [6.07, 6.45) is 0.480. The fourth-order valence-corrected chi connectivity index (χ4v) is 2.41. The van der Waals surface area contributed by atoms with Gasteiger partial charge in [0.15, 0.2) is 0 Å². The third-order valence-corrected chi connectivity index (χ3v) is 3.25. The van der Waals surface area contributed by atoms with Crippen LogP contribution in [0.25, 0.3) is 0 Å². The smallest absolute Gasteiger partial charge is 0.307 e. The topological polar surface area (TPSA) is 26.3 Å². The first-order chi connectivity index (χ1) is 8.37. The van der Waals surface area contributed by atoms with Gasteiger partial charge in [-0.3, -0.25) is 4.79 Å². The number of hydrogen-bond donors (Lipinski definition) is 0. The molecule has 0 amide bonds. The molecule has 0 radical (unpaired) electrons. The maximum atomic E-state index is 11.5. The molecule has 0 unspecified atom stereocenters. The molecule has 0 spiro atoms. The van der Waals surface area contributed by atoms with Gasteiger partial charge in [0.1, 0.15) is 5.60 Å². The van der Waals surface area contributed by atoms with Gasteiger partial charge >= 0.3 is 5.97 Å². The van der Waals surface area contributed by atoms with E-state index in [1.807, 2.05) is 20.8 Å². The zero-order valence-electron chi connectivity index (χ0n) is 11.7. The predicted molar refractivity (Wildman–Crippen MR) is 77.8 cm³/mol. The number of esters is 1. The van der Waals surface area contributed by atoms with Crippen LogP contribution < -0.4 is 0 Å². The van der Waals surface area contributed by atoms with Crippen LogP contribution in [0.1, 0.15) is 38.3 Å². The van der Waals surface area contributed by atoms with Crippen molar-refractivity contribution in [1.29, 1.82) is 0 Å². The van der Waals surface area contributed by atoms with Crippen LogP contribution in [0, 0.1) is 6.92 Å². The van der Waals surface area contributed by atoms with Crippen molar-refractivity contribution in [2.24, 2.45) is 0 Å². The molecule has 18 heavy (non-hydrogen) atoms. The molecule has 0 aliphatic carbocycles. The molecule has 0 saturated heterocycles. The molecule has 0 atom stereocenters. The average molecular weight is 266 g/mol.